The van der Waals surface area contributed by atoms with Crippen molar-refractivity contribution in [3.8, 4) is 5.75 Å². The Bertz CT molecular complexity index is 1050. The average molecular weight is 515 g/mol. The van der Waals surface area contributed by atoms with Gasteiger partial charge in [0.1, 0.15) is 5.75 Å². The largest absolute Gasteiger partial charge is 0.494 e. The Labute approximate surface area is 217 Å². The number of carbonyl (C=O) groups is 1. The van der Waals surface area contributed by atoms with Gasteiger partial charge in [-0.1, -0.05) is 44.7 Å². The summed E-state index contributed by atoms with van der Waals surface area (Å²) in [6, 6.07) is 15.1. The molecular weight excluding hydrogens is 472 g/mol. The van der Waals surface area contributed by atoms with Crippen LogP contribution in [0.4, 0.5) is 5.69 Å². The number of amides is 1. The second kappa shape index (κ2) is 13.7. The van der Waals surface area contributed by atoms with Gasteiger partial charge in [-0.2, -0.15) is 0 Å². The van der Waals surface area contributed by atoms with Crippen molar-refractivity contribution in [1.82, 2.24) is 4.90 Å². The van der Waals surface area contributed by atoms with Gasteiger partial charge in [0.05, 0.1) is 18.1 Å². The van der Waals surface area contributed by atoms with Gasteiger partial charge >= 0.3 is 0 Å². The van der Waals surface area contributed by atoms with Crippen LogP contribution in [0.2, 0.25) is 0 Å². The number of ether oxygens (including phenoxy) is 1. The van der Waals surface area contributed by atoms with E-state index in [-0.39, 0.29) is 23.5 Å². The molecule has 3 rings (SSSR count). The van der Waals surface area contributed by atoms with E-state index in [0.717, 1.165) is 36.5 Å². The van der Waals surface area contributed by atoms with Gasteiger partial charge in [-0.05, 0) is 68.7 Å². The van der Waals surface area contributed by atoms with Gasteiger partial charge in [-0.15, -0.1) is 0 Å². The zero-order chi connectivity index (χ0) is 26.0. The van der Waals surface area contributed by atoms with E-state index in [9.17, 15) is 13.2 Å². The number of hydrogen-bond acceptors (Lipinski definition) is 5. The summed E-state index contributed by atoms with van der Waals surface area (Å²) in [6.45, 7) is 9.37. The van der Waals surface area contributed by atoms with E-state index in [1.807, 2.05) is 24.3 Å². The molecule has 2 aromatic carbocycles. The molecule has 1 heterocycles. The Balaban J connectivity index is 1.69. The van der Waals surface area contributed by atoms with E-state index in [0.29, 0.717) is 25.1 Å². The minimum Gasteiger partial charge on any atom is -0.494 e. The minimum absolute atomic E-state index is 0.0233. The number of benzene rings is 2. The van der Waals surface area contributed by atoms with Crippen LogP contribution < -0.4 is 9.64 Å². The Kier molecular flexibility index (Phi) is 10.7. The van der Waals surface area contributed by atoms with Crippen LogP contribution in [0.1, 0.15) is 75.2 Å². The van der Waals surface area contributed by atoms with Gasteiger partial charge in [0.25, 0.3) is 5.91 Å². The lowest BCUT2D eigenvalue weighted by molar-refractivity contribution is 0.0681. The normalized spacial score (nSPS) is 16.6. The van der Waals surface area contributed by atoms with Crippen molar-refractivity contribution in [2.75, 3.05) is 36.1 Å². The van der Waals surface area contributed by atoms with Gasteiger partial charge in [0, 0.05) is 36.9 Å². The first kappa shape index (κ1) is 28.0. The predicted molar refractivity (Wildman–Crippen MR) is 148 cm³/mol. The predicted octanol–water partition coefficient (Wildman–Crippen LogP) is 5.71. The second-order valence-electron chi connectivity index (χ2n) is 9.62. The van der Waals surface area contributed by atoms with Gasteiger partial charge in [-0.3, -0.25) is 4.79 Å². The van der Waals surface area contributed by atoms with E-state index >= 15 is 0 Å². The van der Waals surface area contributed by atoms with Crippen LogP contribution >= 0.6 is 0 Å². The first-order valence-electron chi connectivity index (χ1n) is 13.4. The topological polar surface area (TPSA) is 66.9 Å². The molecule has 0 aromatic heterocycles. The zero-order valence-electron chi connectivity index (χ0n) is 22.1. The lowest BCUT2D eigenvalue weighted by atomic mass is 10.1. The Morgan fingerprint density at radius 3 is 2.17 bits per heavy atom. The van der Waals surface area contributed by atoms with Gasteiger partial charge in [0.2, 0.25) is 0 Å². The molecule has 1 aliphatic rings. The Hall–Kier alpha value is -2.54. The highest BCUT2D eigenvalue weighted by Crippen LogP contribution is 2.24. The maximum atomic E-state index is 13.6. The summed E-state index contributed by atoms with van der Waals surface area (Å²) in [6.07, 6.45) is 6.39. The molecule has 1 atom stereocenters. The Morgan fingerprint density at radius 2 is 1.58 bits per heavy atom. The number of carbonyl (C=O) groups excluding carboxylic acids is 1. The molecule has 6 nitrogen and oxygen atoms in total. The molecule has 0 saturated carbocycles. The molecule has 198 valence electrons. The molecule has 0 bridgehead atoms. The lowest BCUT2D eigenvalue weighted by Gasteiger charge is -2.29. The number of rotatable bonds is 14. The summed E-state index contributed by atoms with van der Waals surface area (Å²) < 4.78 is 30.3. The Morgan fingerprint density at radius 1 is 0.917 bits per heavy atom. The molecular formula is C29H42N2O4S. The summed E-state index contributed by atoms with van der Waals surface area (Å²) in [5, 5.41) is 0. The van der Waals surface area contributed by atoms with E-state index < -0.39 is 9.84 Å². The fourth-order valence-electron chi connectivity index (χ4n) is 4.74. The van der Waals surface area contributed by atoms with Crippen molar-refractivity contribution >= 4 is 21.4 Å². The molecule has 0 N–H and O–H groups in total. The molecule has 7 heteroatoms. The van der Waals surface area contributed by atoms with Crippen molar-refractivity contribution < 1.29 is 17.9 Å². The number of nitrogens with zero attached hydrogens (tertiary/aromatic N) is 2. The quantitative estimate of drug-likeness (QED) is 0.302. The van der Waals surface area contributed by atoms with Crippen molar-refractivity contribution in [2.24, 2.45) is 0 Å². The second-order valence-corrected chi connectivity index (χ2v) is 11.8. The lowest BCUT2D eigenvalue weighted by Crippen LogP contribution is -2.40. The summed E-state index contributed by atoms with van der Waals surface area (Å²) in [7, 11) is -3.12. The van der Waals surface area contributed by atoms with Crippen LogP contribution in [0.15, 0.2) is 48.5 Å². The van der Waals surface area contributed by atoms with E-state index in [1.54, 1.807) is 17.0 Å². The molecule has 1 amide bonds. The van der Waals surface area contributed by atoms with Crippen molar-refractivity contribution in [1.29, 1.82) is 0 Å². The SMILES string of the molecule is CCCCCCCOc1ccc(C(=O)N(Cc2ccc(N(CC)CC)cc2)C2CCS(=O)(=O)C2)cc1. The molecule has 1 aliphatic heterocycles. The average Bonchev–Trinajstić information content (AvgIpc) is 3.25. The standard InChI is InChI=1S/C29H42N2O4S/c1-4-7-8-9-10-20-35-28-17-13-25(14-18-28)29(32)31(27-19-21-36(33,34)23-27)22-24-11-15-26(16-12-24)30(5-2)6-3/h11-18,27H,4-10,19-23H2,1-3H3. The third kappa shape index (κ3) is 7.99. The van der Waals surface area contributed by atoms with Crippen molar-refractivity contribution in [2.45, 2.75) is 71.9 Å². The fraction of sp³-hybridized carbons (Fsp3) is 0.552. The third-order valence-electron chi connectivity index (χ3n) is 6.95. The maximum absolute atomic E-state index is 13.6. The monoisotopic (exact) mass is 514 g/mol. The molecule has 1 saturated heterocycles. The molecule has 1 unspecified atom stereocenters. The van der Waals surface area contributed by atoms with Gasteiger partial charge in [0.15, 0.2) is 9.84 Å². The number of sulfone groups is 1. The molecule has 0 aliphatic carbocycles. The van der Waals surface area contributed by atoms with E-state index in [4.69, 9.17) is 4.74 Å². The summed E-state index contributed by atoms with van der Waals surface area (Å²) in [5.74, 6) is 0.767. The van der Waals surface area contributed by atoms with Crippen LogP contribution in [0, 0.1) is 0 Å². The highest BCUT2D eigenvalue weighted by atomic mass is 32.2. The van der Waals surface area contributed by atoms with Crippen LogP contribution in [-0.2, 0) is 16.4 Å². The van der Waals surface area contributed by atoms with Gasteiger partial charge in [-0.25, -0.2) is 8.42 Å². The smallest absolute Gasteiger partial charge is 0.254 e. The molecule has 36 heavy (non-hydrogen) atoms. The van der Waals surface area contributed by atoms with Crippen LogP contribution in [0.25, 0.3) is 0 Å². The fourth-order valence-corrected chi connectivity index (χ4v) is 6.47. The van der Waals surface area contributed by atoms with Crippen LogP contribution in [0.5, 0.6) is 5.75 Å². The molecule has 2 aromatic rings. The highest BCUT2D eigenvalue weighted by Gasteiger charge is 2.35. The zero-order valence-corrected chi connectivity index (χ0v) is 22.9. The minimum atomic E-state index is -3.12. The van der Waals surface area contributed by atoms with E-state index in [1.165, 1.54) is 25.7 Å². The number of hydrogen-bond donors (Lipinski definition) is 0. The van der Waals surface area contributed by atoms with E-state index in [2.05, 4.69) is 37.8 Å². The number of unbranched alkanes of at least 4 members (excludes halogenated alkanes) is 4. The third-order valence-corrected chi connectivity index (χ3v) is 8.70. The molecule has 1 fully saturated rings. The van der Waals surface area contributed by atoms with Crippen molar-refractivity contribution in [3.05, 3.63) is 59.7 Å². The first-order valence-corrected chi connectivity index (χ1v) is 15.3. The van der Waals surface area contributed by atoms with Crippen LogP contribution in [0.3, 0.4) is 0 Å². The highest BCUT2D eigenvalue weighted by molar-refractivity contribution is 7.91. The molecule has 0 radical (unpaired) electrons. The summed E-state index contributed by atoms with van der Waals surface area (Å²) in [4.78, 5) is 17.6. The first-order chi connectivity index (χ1) is 17.4. The van der Waals surface area contributed by atoms with Gasteiger partial charge < -0.3 is 14.5 Å². The number of anilines is 1. The maximum Gasteiger partial charge on any atom is 0.254 e. The molecule has 0 spiro atoms. The summed E-state index contributed by atoms with van der Waals surface area (Å²) in [5.41, 5.74) is 2.69. The van der Waals surface area contributed by atoms with Crippen LogP contribution in [-0.4, -0.2) is 56.5 Å². The van der Waals surface area contributed by atoms with Crippen molar-refractivity contribution in [3.63, 3.8) is 0 Å². The summed E-state index contributed by atoms with van der Waals surface area (Å²) >= 11 is 0.